The van der Waals surface area contributed by atoms with Crippen LogP contribution in [0.4, 0.5) is 16.3 Å². The number of benzene rings is 2. The smallest absolute Gasteiger partial charge is 0.409 e. The van der Waals surface area contributed by atoms with Crippen molar-refractivity contribution >= 4 is 57.8 Å². The topological polar surface area (TPSA) is 195 Å². The van der Waals surface area contributed by atoms with Gasteiger partial charge in [0.1, 0.15) is 46.5 Å². The highest BCUT2D eigenvalue weighted by Gasteiger charge is 2.64. The van der Waals surface area contributed by atoms with Crippen molar-refractivity contribution in [3.63, 3.8) is 0 Å². The number of alkyl carbamates (subject to hydrolysis) is 1. The van der Waals surface area contributed by atoms with E-state index >= 15 is 0 Å². The van der Waals surface area contributed by atoms with Crippen LogP contribution in [0.1, 0.15) is 56.5 Å². The van der Waals surface area contributed by atoms with Crippen LogP contribution in [0.15, 0.2) is 66.4 Å². The Balaban J connectivity index is 1.34. The number of nitrogens with one attached hydrogen (secondary N) is 1. The molecule has 0 radical (unpaired) electrons. The fourth-order valence-electron chi connectivity index (χ4n) is 7.67. The molecular weight excluding hydrogens is 770 g/mol. The van der Waals surface area contributed by atoms with E-state index in [4.69, 9.17) is 41.0 Å². The van der Waals surface area contributed by atoms with Gasteiger partial charge in [-0.05, 0) is 68.5 Å². The molecule has 3 aliphatic heterocycles. The molecule has 58 heavy (non-hydrogen) atoms. The number of aromatic nitrogens is 1. The molecule has 4 heterocycles. The van der Waals surface area contributed by atoms with Crippen LogP contribution in [0.25, 0.3) is 10.8 Å². The van der Waals surface area contributed by atoms with Gasteiger partial charge in [0.2, 0.25) is 5.91 Å². The molecule has 1 aromatic heterocycles. The number of hydrogen-bond acceptors (Lipinski definition) is 12. The number of likely N-dealkylation sites (N-methyl/N-ethyl adjacent to an activating group) is 1. The van der Waals surface area contributed by atoms with Crippen LogP contribution in [-0.2, 0) is 35.0 Å². The number of carbonyl (C=O) groups is 4. The number of nitrogen functional groups attached to an aromatic ring is 1. The molecule has 6 rings (SSSR count). The Hall–Kier alpha value is -5.22. The Labute approximate surface area is 342 Å². The van der Waals surface area contributed by atoms with Gasteiger partial charge in [-0.25, -0.2) is 14.6 Å². The van der Waals surface area contributed by atoms with Gasteiger partial charge in [-0.2, -0.15) is 0 Å². The van der Waals surface area contributed by atoms with Gasteiger partial charge in [0.05, 0.1) is 25.3 Å². The van der Waals surface area contributed by atoms with Crippen molar-refractivity contribution in [2.45, 2.75) is 88.7 Å². The molecule has 310 valence electrons. The summed E-state index contributed by atoms with van der Waals surface area (Å²) < 4.78 is 29.4. The maximum atomic E-state index is 14.3. The predicted octanol–water partition coefficient (Wildman–Crippen LogP) is 4.96. The van der Waals surface area contributed by atoms with E-state index in [-0.39, 0.29) is 17.9 Å². The Morgan fingerprint density at radius 2 is 1.91 bits per heavy atom. The van der Waals surface area contributed by atoms with E-state index in [1.54, 1.807) is 75.6 Å². The lowest BCUT2D eigenvalue weighted by atomic mass is 9.83. The zero-order valence-electron chi connectivity index (χ0n) is 33.8. The number of nitrogens with two attached hydrogens (primary N) is 1. The van der Waals surface area contributed by atoms with Crippen molar-refractivity contribution in [1.29, 1.82) is 0 Å². The number of anilines is 2. The standard InChI is InChI=1S/C42H50ClN5O10/c1-22-10-9-11-32(55-8)42(53)20-31(56-40(52)46-42)23(2)37-41(4,58-37)33(19-35(49)48(6)29-15-25(14-22)16-30(54-7)36(29)43)57-39(51)24(3)47(5)38(50)27-13-12-26-18-34(44)45-21-28(26)17-27/h9-13,15-18,21,23-24,31-33,37,53H,14,19-20H2,1-8H3,(H2,44,45)(H,46,52)/b11-9+,22-10+/t23-,24+,31+,32-,33+,37+,41+,42+/m1/s1. The van der Waals surface area contributed by atoms with Crippen molar-refractivity contribution in [2.24, 2.45) is 5.92 Å². The number of esters is 1. The summed E-state index contributed by atoms with van der Waals surface area (Å²) in [5.74, 6) is -1.54. The number of fused-ring (bicyclic) bond motifs is 6. The number of allylic oxidation sites excluding steroid dienone is 3. The van der Waals surface area contributed by atoms with Gasteiger partial charge in [0.15, 0.2) is 5.72 Å². The summed E-state index contributed by atoms with van der Waals surface area (Å²) in [5.41, 5.74) is 5.11. The highest BCUT2D eigenvalue weighted by atomic mass is 35.5. The van der Waals surface area contributed by atoms with Crippen molar-refractivity contribution in [2.75, 3.05) is 38.9 Å². The second kappa shape index (κ2) is 16.6. The minimum absolute atomic E-state index is 0.0696. The predicted molar refractivity (Wildman–Crippen MR) is 216 cm³/mol. The van der Waals surface area contributed by atoms with Crippen molar-refractivity contribution < 1.29 is 48.0 Å². The van der Waals surface area contributed by atoms with Gasteiger partial charge in [-0.1, -0.05) is 48.4 Å². The molecule has 2 saturated heterocycles. The van der Waals surface area contributed by atoms with Crippen LogP contribution in [0, 0.1) is 5.92 Å². The SMILES string of the molecule is COc1cc2cc(c1Cl)N(C)C(=O)C[C@H](OC(=O)[C@H](C)N(C)C(=O)c1ccc3cc(N)ncc3c1)[C@]1(C)O[C@H]1[C@H](C)[C@@H]1C[C@@](O)(NC(=O)O1)[C@H](OC)/C=C/C=C(\C)C2. The normalized spacial score (nSPS) is 29.5. The van der Waals surface area contributed by atoms with E-state index in [9.17, 15) is 24.3 Å². The average Bonchev–Trinajstić information content (AvgIpc) is 3.89. The molecule has 2 aromatic carbocycles. The molecule has 3 aliphatic rings. The van der Waals surface area contributed by atoms with E-state index in [0.29, 0.717) is 34.6 Å². The van der Waals surface area contributed by atoms with E-state index in [2.05, 4.69) is 10.3 Å². The minimum atomic E-state index is -1.85. The third-order valence-corrected chi connectivity index (χ3v) is 11.8. The van der Waals surface area contributed by atoms with Gasteiger partial charge in [0.25, 0.3) is 5.91 Å². The summed E-state index contributed by atoms with van der Waals surface area (Å²) in [4.78, 5) is 61.6. The molecule has 3 amide bonds. The van der Waals surface area contributed by atoms with Gasteiger partial charge in [-0.3, -0.25) is 14.9 Å². The molecule has 16 heteroatoms. The van der Waals surface area contributed by atoms with Gasteiger partial charge in [0, 0.05) is 50.7 Å². The quantitative estimate of drug-likeness (QED) is 0.224. The molecule has 8 atom stereocenters. The van der Waals surface area contributed by atoms with E-state index in [0.717, 1.165) is 16.5 Å². The van der Waals surface area contributed by atoms with Crippen LogP contribution in [0.3, 0.4) is 0 Å². The lowest BCUT2D eigenvalue weighted by molar-refractivity contribution is -0.158. The number of rotatable bonds is 6. The Morgan fingerprint density at radius 3 is 2.62 bits per heavy atom. The number of carbonyl (C=O) groups excluding carboxylic acids is 4. The minimum Gasteiger partial charge on any atom is -0.495 e. The maximum Gasteiger partial charge on any atom is 0.409 e. The lowest BCUT2D eigenvalue weighted by Crippen LogP contribution is -2.63. The fourth-order valence-corrected chi connectivity index (χ4v) is 7.99. The maximum absolute atomic E-state index is 14.3. The molecule has 4 bridgehead atoms. The Bertz CT molecular complexity index is 2180. The summed E-state index contributed by atoms with van der Waals surface area (Å²) in [6, 6.07) is 9.22. The number of ether oxygens (including phenoxy) is 5. The summed E-state index contributed by atoms with van der Waals surface area (Å²) in [7, 11) is 5.96. The summed E-state index contributed by atoms with van der Waals surface area (Å²) in [6.07, 6.45) is 2.28. The summed E-state index contributed by atoms with van der Waals surface area (Å²) >= 11 is 6.79. The number of methoxy groups -OCH3 is 2. The third-order valence-electron chi connectivity index (χ3n) is 11.4. The molecular formula is C42H50ClN5O10. The lowest BCUT2D eigenvalue weighted by Gasteiger charge is -2.42. The zero-order valence-corrected chi connectivity index (χ0v) is 34.5. The van der Waals surface area contributed by atoms with Gasteiger partial charge >= 0.3 is 12.1 Å². The van der Waals surface area contributed by atoms with Gasteiger partial charge < -0.3 is 44.3 Å². The number of halogens is 1. The van der Waals surface area contributed by atoms with Crippen LogP contribution in [0.5, 0.6) is 5.75 Å². The Kier molecular flexibility index (Phi) is 12.1. The van der Waals surface area contributed by atoms with Crippen molar-refractivity contribution in [1.82, 2.24) is 15.2 Å². The fraction of sp³-hybridized carbons (Fsp3) is 0.452. The summed E-state index contributed by atoms with van der Waals surface area (Å²) in [6.45, 7) is 6.94. The number of epoxide rings is 1. The van der Waals surface area contributed by atoms with E-state index < -0.39 is 71.6 Å². The first kappa shape index (κ1) is 42.4. The van der Waals surface area contributed by atoms with E-state index in [1.807, 2.05) is 13.0 Å². The molecule has 15 nitrogen and oxygen atoms in total. The Morgan fingerprint density at radius 1 is 1.17 bits per heavy atom. The number of amides is 3. The number of aliphatic hydroxyl groups is 1. The van der Waals surface area contributed by atoms with Crippen molar-refractivity contribution in [3.8, 4) is 5.75 Å². The largest absolute Gasteiger partial charge is 0.495 e. The summed E-state index contributed by atoms with van der Waals surface area (Å²) in [5, 5.41) is 16.0. The van der Waals surface area contributed by atoms with Crippen molar-refractivity contribution in [3.05, 3.63) is 82.5 Å². The average molecular weight is 820 g/mol. The second-order valence-corrected chi connectivity index (χ2v) is 15.9. The van der Waals surface area contributed by atoms with Gasteiger partial charge in [-0.15, -0.1) is 0 Å². The highest BCUT2D eigenvalue weighted by Crippen LogP contribution is 2.49. The zero-order chi connectivity index (χ0) is 42.3. The molecule has 3 aromatic rings. The second-order valence-electron chi connectivity index (χ2n) is 15.5. The monoisotopic (exact) mass is 819 g/mol. The van der Waals surface area contributed by atoms with Crippen LogP contribution >= 0.6 is 11.6 Å². The van der Waals surface area contributed by atoms with Crippen LogP contribution in [0.2, 0.25) is 5.02 Å². The number of hydrogen-bond donors (Lipinski definition) is 3. The van der Waals surface area contributed by atoms with Crippen LogP contribution < -0.4 is 20.7 Å². The molecule has 0 aliphatic carbocycles. The number of nitrogens with zero attached hydrogens (tertiary/aromatic N) is 3. The van der Waals surface area contributed by atoms with Crippen LogP contribution in [-0.4, -0.2) is 109 Å². The first-order valence-electron chi connectivity index (χ1n) is 18.9. The first-order valence-corrected chi connectivity index (χ1v) is 19.3. The molecule has 0 spiro atoms. The van der Waals surface area contributed by atoms with E-state index in [1.165, 1.54) is 38.0 Å². The number of pyridine rings is 1. The third kappa shape index (κ3) is 8.48. The molecule has 0 saturated carbocycles. The molecule has 2 fully saturated rings. The highest BCUT2D eigenvalue weighted by molar-refractivity contribution is 6.35. The molecule has 4 N–H and O–H groups in total. The first-order chi connectivity index (χ1) is 27.4. The molecule has 0 unspecified atom stereocenters.